The van der Waals surface area contributed by atoms with Gasteiger partial charge in [-0.2, -0.15) is 0 Å². The average molecular weight is 352 g/mol. The highest BCUT2D eigenvalue weighted by Gasteiger charge is 2.51. The van der Waals surface area contributed by atoms with Crippen molar-refractivity contribution < 1.29 is 9.59 Å². The molecule has 1 aliphatic heterocycles. The summed E-state index contributed by atoms with van der Waals surface area (Å²) in [7, 11) is 1.62. The van der Waals surface area contributed by atoms with Gasteiger partial charge in [0.25, 0.3) is 0 Å². The number of thioether (sulfide) groups is 1. The van der Waals surface area contributed by atoms with Gasteiger partial charge in [-0.1, -0.05) is 0 Å². The van der Waals surface area contributed by atoms with Crippen molar-refractivity contribution in [2.24, 2.45) is 23.5 Å². The molecule has 134 valence electrons. The van der Waals surface area contributed by atoms with E-state index in [1.165, 1.54) is 38.5 Å². The third-order valence-corrected chi connectivity index (χ3v) is 8.19. The molecule has 0 aromatic carbocycles. The molecule has 0 aromatic heterocycles. The molecule has 0 unspecified atom stereocenters. The Morgan fingerprint density at radius 2 is 1.71 bits per heavy atom. The summed E-state index contributed by atoms with van der Waals surface area (Å²) in [5.41, 5.74) is 6.01. The molecule has 0 aromatic rings. The van der Waals surface area contributed by atoms with Crippen molar-refractivity contribution >= 4 is 23.6 Å². The van der Waals surface area contributed by atoms with Crippen LogP contribution in [0, 0.1) is 17.8 Å². The van der Waals surface area contributed by atoms with Crippen LogP contribution in [0.5, 0.6) is 0 Å². The Hall–Kier alpha value is -0.750. The Balaban J connectivity index is 1.39. The van der Waals surface area contributed by atoms with Gasteiger partial charge in [-0.05, 0) is 62.7 Å². The molecule has 4 bridgehead atoms. The van der Waals surface area contributed by atoms with Crippen molar-refractivity contribution in [3.63, 3.8) is 0 Å². The fourth-order valence-corrected chi connectivity index (χ4v) is 7.72. The Kier molecular flexibility index (Phi) is 4.32. The number of hydrogen-bond acceptors (Lipinski definition) is 4. The van der Waals surface area contributed by atoms with Crippen LogP contribution in [0.3, 0.4) is 0 Å². The number of carbonyl (C=O) groups excluding carboxylic acids is 2. The first-order chi connectivity index (χ1) is 11.5. The van der Waals surface area contributed by atoms with Crippen molar-refractivity contribution in [2.75, 3.05) is 19.3 Å². The van der Waals surface area contributed by atoms with Crippen LogP contribution in [0.15, 0.2) is 0 Å². The summed E-state index contributed by atoms with van der Waals surface area (Å²) in [6.45, 7) is 0.512. The van der Waals surface area contributed by atoms with Crippen molar-refractivity contribution in [1.82, 2.24) is 10.2 Å². The van der Waals surface area contributed by atoms with E-state index in [-0.39, 0.29) is 23.9 Å². The quantitative estimate of drug-likeness (QED) is 0.802. The van der Waals surface area contributed by atoms with Crippen LogP contribution in [0.4, 0.5) is 0 Å². The predicted molar refractivity (Wildman–Crippen MR) is 95.5 cm³/mol. The fourth-order valence-electron chi connectivity index (χ4n) is 6.06. The third kappa shape index (κ3) is 2.96. The molecular formula is C18H29N3O2S. The number of likely N-dealkylation sites (N-methyl/N-ethyl adjacent to an activating group) is 1. The lowest BCUT2D eigenvalue weighted by Crippen LogP contribution is -2.50. The van der Waals surface area contributed by atoms with E-state index in [9.17, 15) is 9.59 Å². The van der Waals surface area contributed by atoms with Gasteiger partial charge in [0.05, 0.1) is 5.75 Å². The number of likely N-dealkylation sites (tertiary alicyclic amines) is 1. The Labute approximate surface area is 148 Å². The van der Waals surface area contributed by atoms with Gasteiger partial charge in [-0.15, -0.1) is 11.8 Å². The molecule has 3 N–H and O–H groups in total. The molecule has 4 saturated carbocycles. The molecule has 2 atom stereocenters. The second kappa shape index (κ2) is 6.20. The van der Waals surface area contributed by atoms with Crippen LogP contribution in [0.25, 0.3) is 0 Å². The standard InChI is InChI=1S/C18H29N3O2S/c1-20-17(23)15-5-14(19)9-21(15)16(22)10-24-18-6-11-2-12(7-18)4-13(3-11)8-18/h11-15H,2-10,19H2,1H3,(H,20,23)/t11?,12?,13?,14-,15-,18?/m0/s1. The number of nitrogens with two attached hydrogens (primary N) is 1. The third-order valence-electron chi connectivity index (χ3n) is 6.69. The zero-order chi connectivity index (χ0) is 16.9. The minimum absolute atomic E-state index is 0.0826. The molecule has 4 aliphatic carbocycles. The number of hydrogen-bond donors (Lipinski definition) is 2. The van der Waals surface area contributed by atoms with Crippen LogP contribution in [0.2, 0.25) is 0 Å². The largest absolute Gasteiger partial charge is 0.357 e. The summed E-state index contributed by atoms with van der Waals surface area (Å²) < 4.78 is 0.342. The van der Waals surface area contributed by atoms with E-state index in [2.05, 4.69) is 5.32 Å². The van der Waals surface area contributed by atoms with E-state index in [1.807, 2.05) is 11.8 Å². The highest BCUT2D eigenvalue weighted by atomic mass is 32.2. The predicted octanol–water partition coefficient (Wildman–Crippen LogP) is 1.36. The van der Waals surface area contributed by atoms with E-state index >= 15 is 0 Å². The van der Waals surface area contributed by atoms with Crippen LogP contribution in [-0.2, 0) is 9.59 Å². The lowest BCUT2D eigenvalue weighted by molar-refractivity contribution is -0.136. The van der Waals surface area contributed by atoms with Gasteiger partial charge >= 0.3 is 0 Å². The first-order valence-electron chi connectivity index (χ1n) is 9.38. The van der Waals surface area contributed by atoms with Crippen molar-refractivity contribution in [3.8, 4) is 0 Å². The second-order valence-corrected chi connectivity index (χ2v) is 10.0. The van der Waals surface area contributed by atoms with Gasteiger partial charge in [0.15, 0.2) is 0 Å². The Morgan fingerprint density at radius 3 is 2.25 bits per heavy atom. The lowest BCUT2D eigenvalue weighted by atomic mass is 9.56. The summed E-state index contributed by atoms with van der Waals surface area (Å²) in [4.78, 5) is 26.5. The maximum Gasteiger partial charge on any atom is 0.242 e. The first-order valence-corrected chi connectivity index (χ1v) is 10.4. The summed E-state index contributed by atoms with van der Waals surface area (Å²) in [6.07, 6.45) is 8.75. The zero-order valence-corrected chi connectivity index (χ0v) is 15.3. The molecule has 6 heteroatoms. The summed E-state index contributed by atoms with van der Waals surface area (Å²) in [6, 6.07) is -0.463. The number of amides is 2. The van der Waals surface area contributed by atoms with Gasteiger partial charge in [0, 0.05) is 24.4 Å². The lowest BCUT2D eigenvalue weighted by Gasteiger charge is -2.56. The van der Waals surface area contributed by atoms with Crippen molar-refractivity contribution in [3.05, 3.63) is 0 Å². The molecule has 24 heavy (non-hydrogen) atoms. The van der Waals surface area contributed by atoms with Gasteiger partial charge < -0.3 is 16.0 Å². The molecule has 5 rings (SSSR count). The number of carbonyl (C=O) groups is 2. The Morgan fingerprint density at radius 1 is 1.12 bits per heavy atom. The zero-order valence-electron chi connectivity index (χ0n) is 14.5. The second-order valence-electron chi connectivity index (χ2n) is 8.56. The smallest absolute Gasteiger partial charge is 0.242 e. The molecule has 5 fully saturated rings. The van der Waals surface area contributed by atoms with Crippen LogP contribution < -0.4 is 11.1 Å². The number of rotatable bonds is 4. The van der Waals surface area contributed by atoms with E-state index in [1.54, 1.807) is 11.9 Å². The highest BCUT2D eigenvalue weighted by Crippen LogP contribution is 2.60. The van der Waals surface area contributed by atoms with E-state index in [4.69, 9.17) is 5.73 Å². The maximum absolute atomic E-state index is 12.8. The molecule has 5 nitrogen and oxygen atoms in total. The van der Waals surface area contributed by atoms with Gasteiger partial charge in [-0.25, -0.2) is 0 Å². The molecule has 1 heterocycles. The topological polar surface area (TPSA) is 75.4 Å². The summed E-state index contributed by atoms with van der Waals surface area (Å²) in [5, 5.41) is 2.67. The molecule has 0 radical (unpaired) electrons. The van der Waals surface area contributed by atoms with Crippen molar-refractivity contribution in [2.45, 2.75) is 61.8 Å². The highest BCUT2D eigenvalue weighted by molar-refractivity contribution is 8.01. The van der Waals surface area contributed by atoms with Gasteiger partial charge in [0.1, 0.15) is 6.04 Å². The molecular weight excluding hydrogens is 322 g/mol. The summed E-state index contributed by atoms with van der Waals surface area (Å²) in [5.74, 6) is 3.22. The maximum atomic E-state index is 12.8. The van der Waals surface area contributed by atoms with Crippen LogP contribution in [0.1, 0.15) is 44.9 Å². The van der Waals surface area contributed by atoms with Gasteiger partial charge in [-0.3, -0.25) is 9.59 Å². The van der Waals surface area contributed by atoms with Crippen LogP contribution >= 0.6 is 11.8 Å². The number of nitrogens with one attached hydrogen (secondary N) is 1. The SMILES string of the molecule is CNC(=O)[C@@H]1C[C@H](N)CN1C(=O)CSC12CC3CC(CC(C3)C1)C2. The molecule has 2 amide bonds. The van der Waals surface area contributed by atoms with E-state index in [0.29, 0.717) is 23.5 Å². The normalized spacial score (nSPS) is 43.2. The van der Waals surface area contributed by atoms with Crippen LogP contribution in [-0.4, -0.2) is 52.9 Å². The monoisotopic (exact) mass is 351 g/mol. The van der Waals surface area contributed by atoms with E-state index < -0.39 is 0 Å². The van der Waals surface area contributed by atoms with Gasteiger partial charge in [0.2, 0.25) is 11.8 Å². The van der Waals surface area contributed by atoms with Crippen molar-refractivity contribution in [1.29, 1.82) is 0 Å². The minimum Gasteiger partial charge on any atom is -0.357 e. The fraction of sp³-hybridized carbons (Fsp3) is 0.889. The molecule has 1 saturated heterocycles. The Bertz CT molecular complexity index is 503. The molecule has 0 spiro atoms. The minimum atomic E-state index is -0.380. The number of nitrogens with zero attached hydrogens (tertiary/aromatic N) is 1. The average Bonchev–Trinajstić information content (AvgIpc) is 2.92. The van der Waals surface area contributed by atoms with E-state index in [0.717, 1.165) is 17.8 Å². The first kappa shape index (κ1) is 16.7. The summed E-state index contributed by atoms with van der Waals surface area (Å²) >= 11 is 1.89. The molecule has 5 aliphatic rings.